The Hall–Kier alpha value is -0.520. The van der Waals surface area contributed by atoms with Crippen molar-refractivity contribution in [1.82, 2.24) is 5.32 Å². The maximum absolute atomic E-state index is 5.42. The molecule has 0 saturated carbocycles. The summed E-state index contributed by atoms with van der Waals surface area (Å²) < 4.78 is 5.42. The SMILES string of the molecule is C#CCCCNC1CCOC1C. The Morgan fingerprint density at radius 2 is 2.50 bits per heavy atom. The zero-order chi connectivity index (χ0) is 8.81. The molecule has 0 aromatic carbocycles. The lowest BCUT2D eigenvalue weighted by Gasteiger charge is -2.15. The van der Waals surface area contributed by atoms with Crippen molar-refractivity contribution in [2.45, 2.75) is 38.3 Å². The van der Waals surface area contributed by atoms with Crippen LogP contribution in [0.5, 0.6) is 0 Å². The Labute approximate surface area is 74.7 Å². The molecule has 1 rings (SSSR count). The van der Waals surface area contributed by atoms with Crippen molar-refractivity contribution in [3.05, 3.63) is 0 Å². The van der Waals surface area contributed by atoms with Crippen LogP contribution in [-0.2, 0) is 4.74 Å². The Morgan fingerprint density at radius 3 is 3.08 bits per heavy atom. The number of hydrogen-bond donors (Lipinski definition) is 1. The molecule has 68 valence electrons. The lowest BCUT2D eigenvalue weighted by molar-refractivity contribution is 0.113. The van der Waals surface area contributed by atoms with E-state index in [0.29, 0.717) is 12.1 Å². The summed E-state index contributed by atoms with van der Waals surface area (Å²) in [6.07, 6.45) is 8.59. The van der Waals surface area contributed by atoms with E-state index in [-0.39, 0.29) is 0 Å². The molecule has 1 aliphatic rings. The third kappa shape index (κ3) is 2.84. The lowest BCUT2D eigenvalue weighted by atomic mass is 10.1. The standard InChI is InChI=1S/C10H17NO/c1-3-4-5-7-11-10-6-8-12-9(10)2/h1,9-11H,4-8H2,2H3. The number of ether oxygens (including phenoxy) is 1. The third-order valence-electron chi connectivity index (χ3n) is 2.28. The Kier molecular flexibility index (Phi) is 4.13. The molecule has 1 fully saturated rings. The van der Waals surface area contributed by atoms with Gasteiger partial charge in [0.15, 0.2) is 0 Å². The van der Waals surface area contributed by atoms with Crippen LogP contribution >= 0.6 is 0 Å². The highest BCUT2D eigenvalue weighted by Crippen LogP contribution is 2.12. The summed E-state index contributed by atoms with van der Waals surface area (Å²) in [5, 5.41) is 3.45. The zero-order valence-corrected chi connectivity index (χ0v) is 7.68. The van der Waals surface area contributed by atoms with E-state index in [1.165, 1.54) is 0 Å². The summed E-state index contributed by atoms with van der Waals surface area (Å²) in [5.74, 6) is 2.63. The predicted molar refractivity (Wildman–Crippen MR) is 49.9 cm³/mol. The van der Waals surface area contributed by atoms with Gasteiger partial charge in [-0.25, -0.2) is 0 Å². The topological polar surface area (TPSA) is 21.3 Å². The first-order valence-electron chi connectivity index (χ1n) is 4.63. The van der Waals surface area contributed by atoms with Crippen LogP contribution in [0.15, 0.2) is 0 Å². The number of nitrogens with one attached hydrogen (secondary N) is 1. The molecule has 2 unspecified atom stereocenters. The van der Waals surface area contributed by atoms with Crippen molar-refractivity contribution in [1.29, 1.82) is 0 Å². The van der Waals surface area contributed by atoms with Crippen LogP contribution in [0.1, 0.15) is 26.2 Å². The van der Waals surface area contributed by atoms with Gasteiger partial charge in [-0.15, -0.1) is 12.3 Å². The molecular formula is C10H17NO. The van der Waals surface area contributed by atoms with Crippen molar-refractivity contribution in [2.24, 2.45) is 0 Å². The second-order valence-corrected chi connectivity index (χ2v) is 3.23. The van der Waals surface area contributed by atoms with E-state index in [4.69, 9.17) is 11.2 Å². The zero-order valence-electron chi connectivity index (χ0n) is 7.68. The molecule has 2 nitrogen and oxygen atoms in total. The summed E-state index contributed by atoms with van der Waals surface area (Å²) in [5.41, 5.74) is 0. The molecule has 2 atom stereocenters. The summed E-state index contributed by atoms with van der Waals surface area (Å²) in [4.78, 5) is 0. The van der Waals surface area contributed by atoms with Crippen molar-refractivity contribution in [3.8, 4) is 12.3 Å². The molecule has 0 aliphatic carbocycles. The minimum atomic E-state index is 0.371. The van der Waals surface area contributed by atoms with Crippen molar-refractivity contribution in [3.63, 3.8) is 0 Å². The highest BCUT2D eigenvalue weighted by Gasteiger charge is 2.22. The molecule has 0 radical (unpaired) electrons. The molecule has 0 aromatic heterocycles. The highest BCUT2D eigenvalue weighted by molar-refractivity contribution is 4.84. The summed E-state index contributed by atoms with van der Waals surface area (Å²) in [7, 11) is 0. The Bertz CT molecular complexity index is 162. The van der Waals surface area contributed by atoms with E-state index in [9.17, 15) is 0 Å². The van der Waals surface area contributed by atoms with E-state index >= 15 is 0 Å². The molecule has 0 aromatic rings. The predicted octanol–water partition coefficient (Wildman–Crippen LogP) is 1.17. The molecule has 1 aliphatic heterocycles. The van der Waals surface area contributed by atoms with Gasteiger partial charge < -0.3 is 10.1 Å². The average molecular weight is 167 g/mol. The van der Waals surface area contributed by atoms with E-state index in [1.807, 2.05) is 0 Å². The molecule has 1 saturated heterocycles. The maximum Gasteiger partial charge on any atom is 0.0700 e. The maximum atomic E-state index is 5.42. The lowest BCUT2D eigenvalue weighted by Crippen LogP contribution is -2.35. The van der Waals surface area contributed by atoms with Crippen LogP contribution < -0.4 is 5.32 Å². The number of rotatable bonds is 4. The van der Waals surface area contributed by atoms with Crippen LogP contribution in [0.3, 0.4) is 0 Å². The van der Waals surface area contributed by atoms with E-state index < -0.39 is 0 Å². The number of hydrogen-bond acceptors (Lipinski definition) is 2. The third-order valence-corrected chi connectivity index (χ3v) is 2.28. The monoisotopic (exact) mass is 167 g/mol. The van der Waals surface area contributed by atoms with Crippen molar-refractivity contribution in [2.75, 3.05) is 13.2 Å². The van der Waals surface area contributed by atoms with Crippen LogP contribution in [0.2, 0.25) is 0 Å². The van der Waals surface area contributed by atoms with Gasteiger partial charge in [0.2, 0.25) is 0 Å². The molecule has 1 N–H and O–H groups in total. The first-order chi connectivity index (χ1) is 5.84. The smallest absolute Gasteiger partial charge is 0.0700 e. The highest BCUT2D eigenvalue weighted by atomic mass is 16.5. The molecule has 0 bridgehead atoms. The van der Waals surface area contributed by atoms with Gasteiger partial charge in [0.05, 0.1) is 6.10 Å². The molecule has 0 spiro atoms. The second-order valence-electron chi connectivity index (χ2n) is 3.23. The number of unbranched alkanes of at least 4 members (excludes halogenated alkanes) is 1. The van der Waals surface area contributed by atoms with Gasteiger partial charge in [-0.1, -0.05) is 0 Å². The normalized spacial score (nSPS) is 28.7. The minimum Gasteiger partial charge on any atom is -0.377 e. The van der Waals surface area contributed by atoms with Gasteiger partial charge in [-0.3, -0.25) is 0 Å². The fourth-order valence-electron chi connectivity index (χ4n) is 1.48. The van der Waals surface area contributed by atoms with Gasteiger partial charge >= 0.3 is 0 Å². The molecular weight excluding hydrogens is 150 g/mol. The van der Waals surface area contributed by atoms with Crippen molar-refractivity contribution < 1.29 is 4.74 Å². The Morgan fingerprint density at radius 1 is 1.67 bits per heavy atom. The second kappa shape index (κ2) is 5.18. The van der Waals surface area contributed by atoms with Crippen LogP contribution in [0, 0.1) is 12.3 Å². The largest absolute Gasteiger partial charge is 0.377 e. The number of terminal acetylenes is 1. The summed E-state index contributed by atoms with van der Waals surface area (Å²) in [6, 6.07) is 0.544. The van der Waals surface area contributed by atoms with Crippen LogP contribution in [-0.4, -0.2) is 25.3 Å². The van der Waals surface area contributed by atoms with Gasteiger partial charge in [0.25, 0.3) is 0 Å². The molecule has 2 heteroatoms. The van der Waals surface area contributed by atoms with Gasteiger partial charge in [0, 0.05) is 19.1 Å². The Balaban J connectivity index is 2.03. The molecule has 0 amide bonds. The van der Waals surface area contributed by atoms with Gasteiger partial charge in [-0.2, -0.15) is 0 Å². The van der Waals surface area contributed by atoms with E-state index in [2.05, 4.69) is 18.2 Å². The fraction of sp³-hybridized carbons (Fsp3) is 0.800. The van der Waals surface area contributed by atoms with Crippen LogP contribution in [0.4, 0.5) is 0 Å². The first-order valence-corrected chi connectivity index (χ1v) is 4.63. The fourth-order valence-corrected chi connectivity index (χ4v) is 1.48. The van der Waals surface area contributed by atoms with Crippen molar-refractivity contribution >= 4 is 0 Å². The van der Waals surface area contributed by atoms with E-state index in [0.717, 1.165) is 32.4 Å². The first kappa shape index (κ1) is 9.57. The van der Waals surface area contributed by atoms with Gasteiger partial charge in [-0.05, 0) is 26.3 Å². The quantitative estimate of drug-likeness (QED) is 0.501. The minimum absolute atomic E-state index is 0.371. The van der Waals surface area contributed by atoms with Gasteiger partial charge in [0.1, 0.15) is 0 Å². The average Bonchev–Trinajstić information content (AvgIpc) is 2.46. The molecule has 12 heavy (non-hydrogen) atoms. The summed E-state index contributed by atoms with van der Waals surface area (Å²) in [6.45, 7) is 4.03. The van der Waals surface area contributed by atoms with E-state index in [1.54, 1.807) is 0 Å². The summed E-state index contributed by atoms with van der Waals surface area (Å²) >= 11 is 0. The molecule has 1 heterocycles. The van der Waals surface area contributed by atoms with Crippen LogP contribution in [0.25, 0.3) is 0 Å².